The van der Waals surface area contributed by atoms with Gasteiger partial charge in [0, 0.05) is 5.56 Å². The minimum Gasteiger partial charge on any atom is -0.504 e. The fourth-order valence-corrected chi connectivity index (χ4v) is 1.48. The average Bonchev–Trinajstić information content (AvgIpc) is 2.21. The van der Waals surface area contributed by atoms with Crippen LogP contribution in [0.3, 0.4) is 0 Å². The summed E-state index contributed by atoms with van der Waals surface area (Å²) in [4.78, 5) is 11.2. The monoisotopic (exact) mass is 208 g/mol. The highest BCUT2D eigenvalue weighted by molar-refractivity contribution is 5.95. The van der Waals surface area contributed by atoms with Crippen LogP contribution in [0.4, 0.5) is 0 Å². The molecule has 0 aliphatic carbocycles. The van der Waals surface area contributed by atoms with Crippen LogP contribution < -0.4 is 4.74 Å². The van der Waals surface area contributed by atoms with Gasteiger partial charge in [-0.05, 0) is 31.0 Å². The van der Waals surface area contributed by atoms with Crippen LogP contribution in [0, 0.1) is 0 Å². The van der Waals surface area contributed by atoms with E-state index < -0.39 is 0 Å². The minimum absolute atomic E-state index is 0.0225. The van der Waals surface area contributed by atoms with Crippen molar-refractivity contribution in [2.45, 2.75) is 26.7 Å². The maximum absolute atomic E-state index is 11.2. The molecule has 0 bridgehead atoms. The number of ether oxygens (including phenoxy) is 1. The van der Waals surface area contributed by atoms with E-state index in [1.165, 1.54) is 14.0 Å². The van der Waals surface area contributed by atoms with Crippen molar-refractivity contribution in [1.29, 1.82) is 0 Å². The van der Waals surface area contributed by atoms with E-state index in [0.29, 0.717) is 11.3 Å². The van der Waals surface area contributed by atoms with Gasteiger partial charge in [-0.15, -0.1) is 0 Å². The van der Waals surface area contributed by atoms with Gasteiger partial charge in [0.05, 0.1) is 7.11 Å². The zero-order chi connectivity index (χ0) is 11.4. The Morgan fingerprint density at radius 1 is 1.47 bits per heavy atom. The van der Waals surface area contributed by atoms with Crippen molar-refractivity contribution in [3.05, 3.63) is 23.3 Å². The molecule has 0 spiro atoms. The first-order valence-electron chi connectivity index (χ1n) is 5.01. The summed E-state index contributed by atoms with van der Waals surface area (Å²) >= 11 is 0. The first-order valence-corrected chi connectivity index (χ1v) is 5.01. The summed E-state index contributed by atoms with van der Waals surface area (Å²) < 4.78 is 5.02. The van der Waals surface area contributed by atoms with Crippen LogP contribution in [-0.4, -0.2) is 18.0 Å². The quantitative estimate of drug-likeness (QED) is 0.773. The largest absolute Gasteiger partial charge is 0.504 e. The second-order valence-corrected chi connectivity index (χ2v) is 3.49. The third kappa shape index (κ3) is 2.49. The van der Waals surface area contributed by atoms with Crippen molar-refractivity contribution in [3.8, 4) is 11.5 Å². The molecule has 3 heteroatoms. The van der Waals surface area contributed by atoms with Crippen LogP contribution in [0.25, 0.3) is 0 Å². The van der Waals surface area contributed by atoms with Gasteiger partial charge in [-0.2, -0.15) is 0 Å². The Morgan fingerprint density at radius 2 is 2.13 bits per heavy atom. The number of ketones is 1. The van der Waals surface area contributed by atoms with Crippen LogP contribution in [-0.2, 0) is 6.42 Å². The number of benzene rings is 1. The molecule has 0 aliphatic heterocycles. The molecule has 1 aromatic carbocycles. The Labute approximate surface area is 89.7 Å². The number of methoxy groups -OCH3 is 1. The van der Waals surface area contributed by atoms with E-state index >= 15 is 0 Å². The molecule has 0 aromatic heterocycles. The third-order valence-electron chi connectivity index (χ3n) is 2.30. The van der Waals surface area contributed by atoms with Gasteiger partial charge in [-0.3, -0.25) is 4.79 Å². The van der Waals surface area contributed by atoms with E-state index in [1.54, 1.807) is 12.1 Å². The Kier molecular flexibility index (Phi) is 3.72. The van der Waals surface area contributed by atoms with E-state index in [2.05, 4.69) is 0 Å². The van der Waals surface area contributed by atoms with Crippen molar-refractivity contribution >= 4 is 5.78 Å². The van der Waals surface area contributed by atoms with Gasteiger partial charge in [-0.1, -0.05) is 13.3 Å². The van der Waals surface area contributed by atoms with Gasteiger partial charge >= 0.3 is 0 Å². The van der Waals surface area contributed by atoms with Crippen molar-refractivity contribution in [3.63, 3.8) is 0 Å². The fourth-order valence-electron chi connectivity index (χ4n) is 1.48. The van der Waals surface area contributed by atoms with Gasteiger partial charge in [0.15, 0.2) is 17.3 Å². The molecule has 0 aliphatic rings. The van der Waals surface area contributed by atoms with E-state index in [0.717, 1.165) is 18.4 Å². The Hall–Kier alpha value is -1.51. The molecule has 1 rings (SSSR count). The predicted molar refractivity (Wildman–Crippen MR) is 58.7 cm³/mol. The van der Waals surface area contributed by atoms with Gasteiger partial charge < -0.3 is 9.84 Å². The summed E-state index contributed by atoms with van der Waals surface area (Å²) in [5.74, 6) is 0.487. The maximum atomic E-state index is 11.2. The first kappa shape index (κ1) is 11.6. The number of carbonyl (C=O) groups is 1. The maximum Gasteiger partial charge on any atom is 0.161 e. The minimum atomic E-state index is -0.0225. The molecule has 82 valence electrons. The highest BCUT2D eigenvalue weighted by Crippen LogP contribution is 2.32. The Bertz CT molecular complexity index is 369. The number of hydrogen-bond acceptors (Lipinski definition) is 3. The van der Waals surface area contributed by atoms with Gasteiger partial charge in [0.1, 0.15) is 0 Å². The topological polar surface area (TPSA) is 46.5 Å². The van der Waals surface area contributed by atoms with Gasteiger partial charge in [0.2, 0.25) is 0 Å². The summed E-state index contributed by atoms with van der Waals surface area (Å²) in [5.41, 5.74) is 1.34. The lowest BCUT2D eigenvalue weighted by molar-refractivity contribution is 0.101. The van der Waals surface area contributed by atoms with E-state index in [1.807, 2.05) is 6.92 Å². The summed E-state index contributed by atoms with van der Waals surface area (Å²) in [6.45, 7) is 3.52. The number of hydrogen-bond donors (Lipinski definition) is 1. The zero-order valence-electron chi connectivity index (χ0n) is 9.33. The first-order chi connectivity index (χ1) is 7.10. The molecule has 0 unspecified atom stereocenters. The lowest BCUT2D eigenvalue weighted by Gasteiger charge is -2.10. The normalized spacial score (nSPS) is 10.1. The number of Topliss-reactive ketones (excluding diaryl/α,β-unsaturated/α-hetero) is 1. The molecule has 15 heavy (non-hydrogen) atoms. The molecule has 0 radical (unpaired) electrons. The van der Waals surface area contributed by atoms with Crippen LogP contribution in [0.2, 0.25) is 0 Å². The number of aromatic hydroxyl groups is 1. The number of aryl methyl sites for hydroxylation is 1. The fraction of sp³-hybridized carbons (Fsp3) is 0.417. The second kappa shape index (κ2) is 4.82. The molecule has 0 atom stereocenters. The average molecular weight is 208 g/mol. The highest BCUT2D eigenvalue weighted by Gasteiger charge is 2.11. The number of carbonyl (C=O) groups excluding carboxylic acids is 1. The van der Waals surface area contributed by atoms with E-state index in [9.17, 15) is 9.90 Å². The molecule has 3 nitrogen and oxygen atoms in total. The number of phenols is 1. The second-order valence-electron chi connectivity index (χ2n) is 3.49. The van der Waals surface area contributed by atoms with Crippen molar-refractivity contribution < 1.29 is 14.6 Å². The number of phenolic OH excluding ortho intramolecular Hbond substituents is 1. The van der Waals surface area contributed by atoms with Crippen LogP contribution in [0.15, 0.2) is 12.1 Å². The smallest absolute Gasteiger partial charge is 0.161 e. The van der Waals surface area contributed by atoms with Crippen molar-refractivity contribution in [2.75, 3.05) is 7.11 Å². The van der Waals surface area contributed by atoms with E-state index in [-0.39, 0.29) is 11.5 Å². The van der Waals surface area contributed by atoms with Crippen LogP contribution in [0.5, 0.6) is 11.5 Å². The molecular formula is C12H16O3. The summed E-state index contributed by atoms with van der Waals surface area (Å²) in [7, 11) is 1.48. The molecular weight excluding hydrogens is 192 g/mol. The Morgan fingerprint density at radius 3 is 2.60 bits per heavy atom. The summed E-state index contributed by atoms with van der Waals surface area (Å²) in [6, 6.07) is 3.29. The zero-order valence-corrected chi connectivity index (χ0v) is 9.33. The summed E-state index contributed by atoms with van der Waals surface area (Å²) in [5, 5.41) is 9.79. The third-order valence-corrected chi connectivity index (χ3v) is 2.30. The Balaban J connectivity index is 3.25. The van der Waals surface area contributed by atoms with E-state index in [4.69, 9.17) is 4.74 Å². The number of rotatable bonds is 4. The molecule has 0 heterocycles. The molecule has 1 aromatic rings. The molecule has 0 saturated carbocycles. The van der Waals surface area contributed by atoms with Gasteiger partial charge in [0.25, 0.3) is 0 Å². The van der Waals surface area contributed by atoms with Crippen LogP contribution in [0.1, 0.15) is 36.2 Å². The molecule has 0 saturated heterocycles. The summed E-state index contributed by atoms with van der Waals surface area (Å²) in [6.07, 6.45) is 1.65. The SMILES string of the molecule is CCCc1cc(C(C)=O)cc(OC)c1O. The standard InChI is InChI=1S/C12H16O3/c1-4-5-9-6-10(8(2)13)7-11(15-3)12(9)14/h6-7,14H,4-5H2,1-3H3. The van der Waals surface area contributed by atoms with Gasteiger partial charge in [-0.25, -0.2) is 0 Å². The highest BCUT2D eigenvalue weighted by atomic mass is 16.5. The molecule has 0 amide bonds. The lowest BCUT2D eigenvalue weighted by atomic mass is 10.0. The molecule has 0 fully saturated rings. The molecule has 1 N–H and O–H groups in total. The lowest BCUT2D eigenvalue weighted by Crippen LogP contribution is -1.97. The predicted octanol–water partition coefficient (Wildman–Crippen LogP) is 2.56. The van der Waals surface area contributed by atoms with Crippen LogP contribution >= 0.6 is 0 Å². The van der Waals surface area contributed by atoms with Crippen molar-refractivity contribution in [1.82, 2.24) is 0 Å². The van der Waals surface area contributed by atoms with Crippen molar-refractivity contribution in [2.24, 2.45) is 0 Å².